The van der Waals surface area contributed by atoms with Gasteiger partial charge in [0.15, 0.2) is 10.9 Å². The maximum absolute atomic E-state index is 11.7. The number of ketones is 1. The number of aromatic amines is 1. The van der Waals surface area contributed by atoms with Crippen LogP contribution in [0.25, 0.3) is 0 Å². The zero-order valence-corrected chi connectivity index (χ0v) is 11.2. The van der Waals surface area contributed by atoms with Gasteiger partial charge in [0.25, 0.3) is 5.91 Å². The molecule has 2 heterocycles. The van der Waals surface area contributed by atoms with Gasteiger partial charge in [-0.05, 0) is 22.0 Å². The zero-order valence-electron chi connectivity index (χ0n) is 8.78. The number of nitrogens with zero attached hydrogens (tertiary/aromatic N) is 1. The van der Waals surface area contributed by atoms with Crippen LogP contribution in [0.2, 0.25) is 0 Å². The first kappa shape index (κ1) is 12.0. The van der Waals surface area contributed by atoms with Crippen molar-refractivity contribution < 1.29 is 9.59 Å². The van der Waals surface area contributed by atoms with Crippen molar-refractivity contribution in [3.05, 3.63) is 33.5 Å². The minimum atomic E-state index is -0.292. The van der Waals surface area contributed by atoms with E-state index in [0.29, 0.717) is 16.5 Å². The number of H-pyrrole nitrogens is 1. The highest BCUT2D eigenvalue weighted by Gasteiger charge is 2.11. The van der Waals surface area contributed by atoms with E-state index in [4.69, 9.17) is 0 Å². The first-order valence-corrected chi connectivity index (χ1v) is 6.35. The Morgan fingerprint density at radius 1 is 1.53 bits per heavy atom. The van der Waals surface area contributed by atoms with Crippen LogP contribution < -0.4 is 5.32 Å². The monoisotopic (exact) mass is 313 g/mol. The fraction of sp³-hybridized carbons (Fsp3) is 0.100. The van der Waals surface area contributed by atoms with Crippen molar-refractivity contribution >= 4 is 44.1 Å². The van der Waals surface area contributed by atoms with Crippen LogP contribution >= 0.6 is 27.3 Å². The second-order valence-electron chi connectivity index (χ2n) is 3.28. The number of anilines is 1. The molecular formula is C10H8BrN3O2S. The van der Waals surface area contributed by atoms with Crippen molar-refractivity contribution in [2.75, 3.05) is 5.32 Å². The molecule has 2 N–H and O–H groups in total. The Morgan fingerprint density at radius 3 is 2.82 bits per heavy atom. The predicted molar refractivity (Wildman–Crippen MR) is 68.6 cm³/mol. The van der Waals surface area contributed by atoms with Gasteiger partial charge in [-0.25, -0.2) is 4.98 Å². The largest absolute Gasteiger partial charge is 0.356 e. The Bertz CT molecular complexity index is 576. The maximum atomic E-state index is 11.7. The Morgan fingerprint density at radius 2 is 2.29 bits per heavy atom. The molecule has 17 heavy (non-hydrogen) atoms. The van der Waals surface area contributed by atoms with Crippen LogP contribution in [0.3, 0.4) is 0 Å². The van der Waals surface area contributed by atoms with Crippen molar-refractivity contribution in [1.29, 1.82) is 0 Å². The average Bonchev–Trinajstić information content (AvgIpc) is 2.86. The molecule has 88 valence electrons. The summed E-state index contributed by atoms with van der Waals surface area (Å²) in [6, 6.07) is 1.66. The molecule has 2 aromatic heterocycles. The van der Waals surface area contributed by atoms with E-state index in [9.17, 15) is 9.59 Å². The molecule has 0 radical (unpaired) electrons. The summed E-state index contributed by atoms with van der Waals surface area (Å²) < 4.78 is 0.797. The minimum absolute atomic E-state index is 0.121. The van der Waals surface area contributed by atoms with Crippen molar-refractivity contribution in [1.82, 2.24) is 9.97 Å². The van der Waals surface area contributed by atoms with Crippen LogP contribution in [0.5, 0.6) is 0 Å². The quantitative estimate of drug-likeness (QED) is 0.855. The molecule has 5 nitrogen and oxygen atoms in total. The standard InChI is InChI=1S/C10H8BrN3O2S/c1-5(15)8-4-17-10(13-8)14-9(16)7-2-6(11)3-12-7/h2-4,12H,1H3,(H,13,14,16). The number of hydrogen-bond acceptors (Lipinski definition) is 4. The van der Waals surface area contributed by atoms with Crippen LogP contribution in [0.4, 0.5) is 5.13 Å². The van der Waals surface area contributed by atoms with Gasteiger partial charge in [0, 0.05) is 23.0 Å². The first-order chi connectivity index (χ1) is 8.06. The number of thiazole rings is 1. The molecule has 0 spiro atoms. The van der Waals surface area contributed by atoms with E-state index < -0.39 is 0 Å². The number of Topliss-reactive ketones (excluding diaryl/α,β-unsaturated/α-hetero) is 1. The van der Waals surface area contributed by atoms with Gasteiger partial charge in [-0.1, -0.05) is 0 Å². The summed E-state index contributed by atoms with van der Waals surface area (Å²) in [6.07, 6.45) is 1.66. The smallest absolute Gasteiger partial charge is 0.273 e. The Balaban J connectivity index is 2.10. The summed E-state index contributed by atoms with van der Waals surface area (Å²) in [6.45, 7) is 1.43. The highest BCUT2D eigenvalue weighted by molar-refractivity contribution is 9.10. The highest BCUT2D eigenvalue weighted by atomic mass is 79.9. The molecule has 0 saturated heterocycles. The number of hydrogen-bond donors (Lipinski definition) is 2. The summed E-state index contributed by atoms with van der Waals surface area (Å²) in [5.74, 6) is -0.412. The van der Waals surface area contributed by atoms with Gasteiger partial charge in [-0.15, -0.1) is 11.3 Å². The molecule has 0 aliphatic rings. The van der Waals surface area contributed by atoms with Gasteiger partial charge in [-0.2, -0.15) is 0 Å². The summed E-state index contributed by atoms with van der Waals surface area (Å²) in [5, 5.41) is 4.63. The van der Waals surface area contributed by atoms with Crippen molar-refractivity contribution in [2.24, 2.45) is 0 Å². The van der Waals surface area contributed by atoms with Crippen LogP contribution in [0, 0.1) is 0 Å². The number of nitrogens with one attached hydrogen (secondary N) is 2. The molecule has 0 atom stereocenters. The molecule has 7 heteroatoms. The Labute approximate surface area is 109 Å². The number of carbonyl (C=O) groups is 2. The lowest BCUT2D eigenvalue weighted by atomic mass is 10.4. The normalized spacial score (nSPS) is 10.2. The van der Waals surface area contributed by atoms with E-state index >= 15 is 0 Å². The molecule has 0 fully saturated rings. The third kappa shape index (κ3) is 2.80. The van der Waals surface area contributed by atoms with Crippen molar-refractivity contribution in [3.8, 4) is 0 Å². The number of halogens is 1. The van der Waals surface area contributed by atoms with E-state index in [1.807, 2.05) is 0 Å². The molecule has 0 aliphatic heterocycles. The lowest BCUT2D eigenvalue weighted by Gasteiger charge is -1.97. The molecule has 0 unspecified atom stereocenters. The van der Waals surface area contributed by atoms with Gasteiger partial charge in [0.05, 0.1) is 0 Å². The second-order valence-corrected chi connectivity index (χ2v) is 5.05. The number of carbonyl (C=O) groups excluding carboxylic acids is 2. The van der Waals surface area contributed by atoms with Gasteiger partial charge in [-0.3, -0.25) is 14.9 Å². The molecule has 1 amide bonds. The number of aromatic nitrogens is 2. The lowest BCUT2D eigenvalue weighted by molar-refractivity contribution is 0.100. The topological polar surface area (TPSA) is 74.8 Å². The van der Waals surface area contributed by atoms with Gasteiger partial charge >= 0.3 is 0 Å². The molecule has 0 saturated carbocycles. The first-order valence-electron chi connectivity index (χ1n) is 4.68. The third-order valence-electron chi connectivity index (χ3n) is 1.98. The van der Waals surface area contributed by atoms with Crippen LogP contribution in [-0.4, -0.2) is 21.7 Å². The summed E-state index contributed by atoms with van der Waals surface area (Å²) in [4.78, 5) is 29.6. The molecule has 0 bridgehead atoms. The van der Waals surface area contributed by atoms with Crippen LogP contribution in [-0.2, 0) is 0 Å². The highest BCUT2D eigenvalue weighted by Crippen LogP contribution is 2.17. The third-order valence-corrected chi connectivity index (χ3v) is 3.19. The fourth-order valence-electron chi connectivity index (χ4n) is 1.16. The Hall–Kier alpha value is -1.47. The van der Waals surface area contributed by atoms with Crippen molar-refractivity contribution in [3.63, 3.8) is 0 Å². The van der Waals surface area contributed by atoms with E-state index in [2.05, 4.69) is 31.2 Å². The van der Waals surface area contributed by atoms with Crippen molar-refractivity contribution in [2.45, 2.75) is 6.92 Å². The summed E-state index contributed by atoms with van der Waals surface area (Å²) in [5.41, 5.74) is 0.786. The fourth-order valence-corrected chi connectivity index (χ4v) is 2.24. The molecule has 0 aromatic carbocycles. The molecule has 2 aromatic rings. The molecule has 0 aliphatic carbocycles. The zero-order chi connectivity index (χ0) is 12.4. The second kappa shape index (κ2) is 4.80. The van der Waals surface area contributed by atoms with E-state index in [-0.39, 0.29) is 11.7 Å². The van der Waals surface area contributed by atoms with Gasteiger partial charge < -0.3 is 4.98 Å². The predicted octanol–water partition coefficient (Wildman–Crippen LogP) is 2.69. The van der Waals surface area contributed by atoms with Gasteiger partial charge in [0.2, 0.25) is 0 Å². The summed E-state index contributed by atoms with van der Waals surface area (Å²) >= 11 is 4.46. The summed E-state index contributed by atoms with van der Waals surface area (Å²) in [7, 11) is 0. The minimum Gasteiger partial charge on any atom is -0.356 e. The Kier molecular flexibility index (Phi) is 3.39. The van der Waals surface area contributed by atoms with E-state index in [1.165, 1.54) is 18.3 Å². The van der Waals surface area contributed by atoms with E-state index in [1.54, 1.807) is 17.6 Å². The van der Waals surface area contributed by atoms with Crippen LogP contribution in [0.1, 0.15) is 27.9 Å². The van der Waals surface area contributed by atoms with E-state index in [0.717, 1.165) is 4.47 Å². The number of rotatable bonds is 3. The van der Waals surface area contributed by atoms with Gasteiger partial charge in [0.1, 0.15) is 11.4 Å². The van der Waals surface area contributed by atoms with Crippen LogP contribution in [0.15, 0.2) is 22.1 Å². The molecular weight excluding hydrogens is 306 g/mol. The lowest BCUT2D eigenvalue weighted by Crippen LogP contribution is -2.12. The average molecular weight is 314 g/mol. The SMILES string of the molecule is CC(=O)c1csc(NC(=O)c2cc(Br)c[nH]2)n1. The molecule has 2 rings (SSSR count). The maximum Gasteiger partial charge on any atom is 0.273 e. The number of amides is 1.